The molecule has 0 aliphatic carbocycles. The molecule has 2 fully saturated rings. The van der Waals surface area contributed by atoms with Crippen LogP contribution in [0.4, 0.5) is 0 Å². The molecule has 2 aliphatic rings. The van der Waals surface area contributed by atoms with Gasteiger partial charge in [0.05, 0.1) is 18.8 Å². The van der Waals surface area contributed by atoms with Crippen LogP contribution < -0.4 is 0 Å². The van der Waals surface area contributed by atoms with Crippen molar-refractivity contribution in [2.75, 3.05) is 13.2 Å². The predicted octanol–water partition coefficient (Wildman–Crippen LogP) is 4.48. The summed E-state index contributed by atoms with van der Waals surface area (Å²) in [5.41, 5.74) is 1.30. The van der Waals surface area contributed by atoms with Crippen LogP contribution in [0, 0.1) is 0 Å². The molecule has 2 saturated heterocycles. The molecule has 35 heavy (non-hydrogen) atoms. The van der Waals surface area contributed by atoms with E-state index in [1.807, 2.05) is 36.4 Å². The van der Waals surface area contributed by atoms with Crippen LogP contribution in [-0.4, -0.2) is 63.1 Å². The molecule has 0 radical (unpaired) electrons. The van der Waals surface area contributed by atoms with Gasteiger partial charge >= 0.3 is 5.97 Å². The van der Waals surface area contributed by atoms with Crippen molar-refractivity contribution in [3.8, 4) is 0 Å². The number of rotatable bonds is 6. The predicted molar refractivity (Wildman–Crippen MR) is 133 cm³/mol. The van der Waals surface area contributed by atoms with Crippen LogP contribution in [0.3, 0.4) is 0 Å². The zero-order chi connectivity index (χ0) is 25.2. The third-order valence-corrected chi connectivity index (χ3v) is 11.6. The van der Waals surface area contributed by atoms with E-state index in [-0.39, 0.29) is 18.3 Å². The minimum absolute atomic E-state index is 0.0963. The number of ether oxygens (including phenoxy) is 4. The lowest BCUT2D eigenvalue weighted by molar-refractivity contribution is -0.328. The van der Waals surface area contributed by atoms with Gasteiger partial charge < -0.3 is 28.5 Å². The van der Waals surface area contributed by atoms with Crippen molar-refractivity contribution in [3.05, 3.63) is 71.8 Å². The highest BCUT2D eigenvalue weighted by molar-refractivity contribution is 6.74. The van der Waals surface area contributed by atoms with Crippen molar-refractivity contribution in [1.82, 2.24) is 0 Å². The number of esters is 1. The van der Waals surface area contributed by atoms with Crippen molar-refractivity contribution in [1.29, 1.82) is 0 Å². The summed E-state index contributed by atoms with van der Waals surface area (Å²) in [6.45, 7) is 10.6. The van der Waals surface area contributed by atoms with Crippen molar-refractivity contribution in [3.63, 3.8) is 0 Å². The molecule has 0 unspecified atom stereocenters. The summed E-state index contributed by atoms with van der Waals surface area (Å²) in [6, 6.07) is 18.5. The molecular weight excluding hydrogens is 464 g/mol. The Bertz CT molecular complexity index is 976. The van der Waals surface area contributed by atoms with Crippen LogP contribution in [0.1, 0.15) is 43.0 Å². The number of hydrogen-bond donors (Lipinski definition) is 1. The largest absolute Gasteiger partial charge is 0.453 e. The number of fused-ring (bicyclic) bond motifs is 1. The third kappa shape index (κ3) is 5.68. The first-order chi connectivity index (χ1) is 16.6. The summed E-state index contributed by atoms with van der Waals surface area (Å²) in [5.74, 6) is -0.469. The first kappa shape index (κ1) is 26.0. The van der Waals surface area contributed by atoms with Gasteiger partial charge in [-0.05, 0) is 30.3 Å². The highest BCUT2D eigenvalue weighted by atomic mass is 28.4. The average molecular weight is 501 g/mol. The molecule has 190 valence electrons. The Morgan fingerprint density at radius 2 is 1.63 bits per heavy atom. The smallest absolute Gasteiger partial charge is 0.338 e. The lowest BCUT2D eigenvalue weighted by Gasteiger charge is -2.51. The summed E-state index contributed by atoms with van der Waals surface area (Å²) < 4.78 is 31.4. The molecule has 7 nitrogen and oxygen atoms in total. The molecule has 2 heterocycles. The molecule has 0 bridgehead atoms. The Morgan fingerprint density at radius 3 is 2.23 bits per heavy atom. The van der Waals surface area contributed by atoms with Gasteiger partial charge in [0, 0.05) is 5.56 Å². The lowest BCUT2D eigenvalue weighted by atomic mass is 9.94. The van der Waals surface area contributed by atoms with Crippen molar-refractivity contribution >= 4 is 14.3 Å². The molecule has 0 spiro atoms. The van der Waals surface area contributed by atoms with Gasteiger partial charge in [0.1, 0.15) is 24.4 Å². The summed E-state index contributed by atoms with van der Waals surface area (Å²) in [4.78, 5) is 13.2. The van der Waals surface area contributed by atoms with E-state index in [9.17, 15) is 9.90 Å². The average Bonchev–Trinajstić information content (AvgIpc) is 2.85. The van der Waals surface area contributed by atoms with E-state index in [4.69, 9.17) is 23.4 Å². The maximum Gasteiger partial charge on any atom is 0.338 e. The number of carbonyl (C=O) groups is 1. The van der Waals surface area contributed by atoms with Crippen molar-refractivity contribution in [2.24, 2.45) is 0 Å². The van der Waals surface area contributed by atoms with Gasteiger partial charge in [-0.15, -0.1) is 0 Å². The minimum Gasteiger partial charge on any atom is -0.453 e. The molecule has 1 N–H and O–H groups in total. The molecular formula is C27H36O7Si. The Labute approximate surface area is 208 Å². The maximum atomic E-state index is 13.2. The first-order valence-electron chi connectivity index (χ1n) is 12.1. The van der Waals surface area contributed by atoms with Crippen LogP contribution >= 0.6 is 0 Å². The Kier molecular flexibility index (Phi) is 7.80. The topological polar surface area (TPSA) is 83.5 Å². The Morgan fingerprint density at radius 1 is 1.00 bits per heavy atom. The molecule has 0 amide bonds. The summed E-state index contributed by atoms with van der Waals surface area (Å²) in [6.07, 6.45) is -3.93. The second-order valence-electron chi connectivity index (χ2n) is 10.7. The molecule has 8 heteroatoms. The van der Waals surface area contributed by atoms with Gasteiger partial charge in [0.2, 0.25) is 0 Å². The van der Waals surface area contributed by atoms with E-state index in [1.54, 1.807) is 24.3 Å². The number of aliphatic hydroxyl groups is 1. The van der Waals surface area contributed by atoms with E-state index in [0.29, 0.717) is 5.56 Å². The van der Waals surface area contributed by atoms with Gasteiger partial charge in [-0.3, -0.25) is 0 Å². The Hall–Kier alpha value is -2.07. The normalized spacial score (nSPS) is 29.3. The monoisotopic (exact) mass is 500 g/mol. The summed E-state index contributed by atoms with van der Waals surface area (Å²) in [7, 11) is -2.33. The van der Waals surface area contributed by atoms with Gasteiger partial charge in [-0.2, -0.15) is 0 Å². The van der Waals surface area contributed by atoms with Crippen LogP contribution in [-0.2, 0) is 23.4 Å². The van der Waals surface area contributed by atoms with Gasteiger partial charge in [-0.25, -0.2) is 4.79 Å². The molecule has 6 atom stereocenters. The van der Waals surface area contributed by atoms with Crippen LogP contribution in [0.15, 0.2) is 60.7 Å². The van der Waals surface area contributed by atoms with Gasteiger partial charge in [-0.1, -0.05) is 69.3 Å². The van der Waals surface area contributed by atoms with Gasteiger partial charge in [0.15, 0.2) is 20.7 Å². The second kappa shape index (κ2) is 10.5. The van der Waals surface area contributed by atoms with Gasteiger partial charge in [0.25, 0.3) is 0 Å². The molecule has 2 aromatic carbocycles. The van der Waals surface area contributed by atoms with E-state index in [0.717, 1.165) is 5.56 Å². The molecule has 2 aliphatic heterocycles. The minimum atomic E-state index is -2.33. The maximum absolute atomic E-state index is 13.2. The number of benzene rings is 2. The highest BCUT2D eigenvalue weighted by Gasteiger charge is 2.54. The summed E-state index contributed by atoms with van der Waals surface area (Å²) in [5, 5.41) is 10.1. The molecule has 4 rings (SSSR count). The highest BCUT2D eigenvalue weighted by Crippen LogP contribution is 2.42. The standard InChI is InChI=1S/C27H36O7Si/c1-27(2,3)35(4,5)34-23-20(16-28)31-21-17-30-26(19-14-10-7-11-15-19)33-22(21)24(23)32-25(29)18-12-8-6-9-13-18/h6-15,20-24,26,28H,16-17H2,1-5H3/t20-,21+,22+,23+,24+,26-/m0/s1. The zero-order valence-corrected chi connectivity index (χ0v) is 22.0. The molecule has 0 saturated carbocycles. The first-order valence-corrected chi connectivity index (χ1v) is 15.0. The van der Waals surface area contributed by atoms with E-state index in [1.165, 1.54) is 0 Å². The van der Waals surface area contributed by atoms with Crippen molar-refractivity contribution < 1.29 is 33.3 Å². The fourth-order valence-electron chi connectivity index (χ4n) is 4.14. The lowest BCUT2D eigenvalue weighted by Crippen LogP contribution is -2.66. The van der Waals surface area contributed by atoms with Crippen LogP contribution in [0.5, 0.6) is 0 Å². The SMILES string of the molecule is CC(C)(C)[Si](C)(C)O[C@H]1[C@H](OC(=O)c2ccccc2)[C@@H]2O[C@@H](c3ccccc3)OC[C@H]2O[C@H]1CO. The second-order valence-corrected chi connectivity index (χ2v) is 15.4. The number of aliphatic hydroxyl groups excluding tert-OH is 1. The Balaban J connectivity index is 1.68. The van der Waals surface area contributed by atoms with E-state index in [2.05, 4.69) is 33.9 Å². The van der Waals surface area contributed by atoms with Crippen LogP contribution in [0.25, 0.3) is 0 Å². The van der Waals surface area contributed by atoms with E-state index < -0.39 is 51.1 Å². The van der Waals surface area contributed by atoms with E-state index >= 15 is 0 Å². The fraction of sp³-hybridized carbons (Fsp3) is 0.519. The number of hydrogen-bond acceptors (Lipinski definition) is 7. The zero-order valence-electron chi connectivity index (χ0n) is 21.0. The molecule has 2 aromatic rings. The van der Waals surface area contributed by atoms with Crippen molar-refractivity contribution in [2.45, 2.75) is 75.7 Å². The molecule has 0 aromatic heterocycles. The third-order valence-electron chi connectivity index (χ3n) is 7.16. The quantitative estimate of drug-likeness (QED) is 0.463. The summed E-state index contributed by atoms with van der Waals surface area (Å²) >= 11 is 0. The fourth-order valence-corrected chi connectivity index (χ4v) is 5.46. The number of carbonyl (C=O) groups excluding carboxylic acids is 1. The van der Waals surface area contributed by atoms with Crippen LogP contribution in [0.2, 0.25) is 18.1 Å².